The standard InChI is InChI=1S/C18H24ClN/c1-2-3-6-13-20(14-12-19)15-17-10-7-9-16-8-4-5-11-18(16)17/h4-5,7-11H,2-3,6,12-15H2,1H3. The zero-order chi connectivity index (χ0) is 14.2. The molecule has 0 heterocycles. The third-order valence-electron chi connectivity index (χ3n) is 3.75. The maximum atomic E-state index is 5.95. The summed E-state index contributed by atoms with van der Waals surface area (Å²) in [5, 5.41) is 2.69. The molecule has 0 aromatic heterocycles. The summed E-state index contributed by atoms with van der Waals surface area (Å²) in [6.07, 6.45) is 3.83. The van der Waals surface area contributed by atoms with Gasteiger partial charge in [-0.05, 0) is 29.3 Å². The van der Waals surface area contributed by atoms with Crippen LogP contribution in [0.1, 0.15) is 31.7 Å². The molecule has 0 saturated heterocycles. The van der Waals surface area contributed by atoms with Gasteiger partial charge in [-0.2, -0.15) is 0 Å². The Morgan fingerprint density at radius 3 is 2.55 bits per heavy atom. The van der Waals surface area contributed by atoms with E-state index in [1.54, 1.807) is 0 Å². The van der Waals surface area contributed by atoms with Crippen LogP contribution in [0.25, 0.3) is 10.8 Å². The molecular weight excluding hydrogens is 266 g/mol. The van der Waals surface area contributed by atoms with Crippen LogP contribution in [-0.4, -0.2) is 23.9 Å². The van der Waals surface area contributed by atoms with E-state index in [-0.39, 0.29) is 0 Å². The number of hydrogen-bond donors (Lipinski definition) is 0. The lowest BCUT2D eigenvalue weighted by atomic mass is 10.0. The summed E-state index contributed by atoms with van der Waals surface area (Å²) in [5.74, 6) is 0.705. The van der Waals surface area contributed by atoms with E-state index in [2.05, 4.69) is 54.3 Å². The first-order chi connectivity index (χ1) is 9.85. The zero-order valence-electron chi connectivity index (χ0n) is 12.3. The van der Waals surface area contributed by atoms with Crippen molar-refractivity contribution < 1.29 is 0 Å². The van der Waals surface area contributed by atoms with Crippen LogP contribution in [0.4, 0.5) is 0 Å². The Balaban J connectivity index is 2.11. The van der Waals surface area contributed by atoms with E-state index in [0.717, 1.165) is 19.6 Å². The highest BCUT2D eigenvalue weighted by molar-refractivity contribution is 6.18. The van der Waals surface area contributed by atoms with Crippen molar-refractivity contribution in [2.75, 3.05) is 19.0 Å². The second kappa shape index (κ2) is 8.28. The molecule has 0 N–H and O–H groups in total. The molecule has 0 saturated carbocycles. The Hall–Kier alpha value is -1.05. The first kappa shape index (κ1) is 15.3. The zero-order valence-corrected chi connectivity index (χ0v) is 13.1. The van der Waals surface area contributed by atoms with E-state index in [1.165, 1.54) is 35.6 Å². The van der Waals surface area contributed by atoms with E-state index in [0.29, 0.717) is 5.88 Å². The Kier molecular flexibility index (Phi) is 6.35. The number of halogens is 1. The lowest BCUT2D eigenvalue weighted by Gasteiger charge is -2.22. The lowest BCUT2D eigenvalue weighted by Crippen LogP contribution is -2.26. The summed E-state index contributed by atoms with van der Waals surface area (Å²) in [6.45, 7) is 5.35. The van der Waals surface area contributed by atoms with Gasteiger partial charge in [-0.15, -0.1) is 11.6 Å². The topological polar surface area (TPSA) is 3.24 Å². The molecule has 0 atom stereocenters. The lowest BCUT2D eigenvalue weighted by molar-refractivity contribution is 0.276. The maximum Gasteiger partial charge on any atom is 0.0351 e. The molecule has 0 bridgehead atoms. The first-order valence-electron chi connectivity index (χ1n) is 7.60. The molecule has 108 valence electrons. The molecule has 2 aromatic carbocycles. The molecule has 1 nitrogen and oxygen atoms in total. The van der Waals surface area contributed by atoms with Gasteiger partial charge in [0, 0.05) is 19.0 Å². The van der Waals surface area contributed by atoms with Crippen molar-refractivity contribution in [2.24, 2.45) is 0 Å². The molecule has 20 heavy (non-hydrogen) atoms. The first-order valence-corrected chi connectivity index (χ1v) is 8.13. The third kappa shape index (κ3) is 4.22. The van der Waals surface area contributed by atoms with Crippen molar-refractivity contribution in [3.05, 3.63) is 48.0 Å². The molecule has 0 aliphatic carbocycles. The summed E-state index contributed by atoms with van der Waals surface area (Å²) in [6, 6.07) is 15.2. The van der Waals surface area contributed by atoms with Gasteiger partial charge in [0.15, 0.2) is 0 Å². The van der Waals surface area contributed by atoms with Crippen LogP contribution >= 0.6 is 11.6 Å². The second-order valence-electron chi connectivity index (χ2n) is 5.31. The number of rotatable bonds is 8. The summed E-state index contributed by atoms with van der Waals surface area (Å²) in [4.78, 5) is 2.48. The Bertz CT molecular complexity index is 518. The summed E-state index contributed by atoms with van der Waals surface area (Å²) in [5.41, 5.74) is 1.41. The van der Waals surface area contributed by atoms with Crippen LogP contribution in [0.5, 0.6) is 0 Å². The summed E-state index contributed by atoms with van der Waals surface area (Å²) >= 11 is 5.95. The highest BCUT2D eigenvalue weighted by atomic mass is 35.5. The molecule has 0 unspecified atom stereocenters. The van der Waals surface area contributed by atoms with Gasteiger partial charge in [-0.1, -0.05) is 62.2 Å². The second-order valence-corrected chi connectivity index (χ2v) is 5.69. The van der Waals surface area contributed by atoms with Gasteiger partial charge in [0.05, 0.1) is 0 Å². The molecule has 0 aliphatic heterocycles. The van der Waals surface area contributed by atoms with E-state index in [1.807, 2.05) is 0 Å². The molecule has 0 radical (unpaired) electrons. The largest absolute Gasteiger partial charge is 0.298 e. The minimum absolute atomic E-state index is 0.705. The summed E-state index contributed by atoms with van der Waals surface area (Å²) in [7, 11) is 0. The van der Waals surface area contributed by atoms with Crippen LogP contribution in [0.15, 0.2) is 42.5 Å². The molecular formula is C18H24ClN. The number of benzene rings is 2. The van der Waals surface area contributed by atoms with Crippen molar-refractivity contribution >= 4 is 22.4 Å². The predicted molar refractivity (Wildman–Crippen MR) is 89.5 cm³/mol. The fraction of sp³-hybridized carbons (Fsp3) is 0.444. The van der Waals surface area contributed by atoms with Gasteiger partial charge in [-0.25, -0.2) is 0 Å². The van der Waals surface area contributed by atoms with E-state index in [4.69, 9.17) is 11.6 Å². The average molecular weight is 290 g/mol. The van der Waals surface area contributed by atoms with E-state index >= 15 is 0 Å². The average Bonchev–Trinajstić information content (AvgIpc) is 2.48. The third-order valence-corrected chi connectivity index (χ3v) is 3.92. The number of fused-ring (bicyclic) bond motifs is 1. The van der Waals surface area contributed by atoms with Crippen molar-refractivity contribution in [3.63, 3.8) is 0 Å². The van der Waals surface area contributed by atoms with Gasteiger partial charge in [0.2, 0.25) is 0 Å². The molecule has 2 aromatic rings. The smallest absolute Gasteiger partial charge is 0.0351 e. The van der Waals surface area contributed by atoms with Crippen LogP contribution in [0, 0.1) is 0 Å². The number of nitrogens with zero attached hydrogens (tertiary/aromatic N) is 1. The minimum atomic E-state index is 0.705. The fourth-order valence-corrected chi connectivity index (χ4v) is 2.89. The van der Waals surface area contributed by atoms with Gasteiger partial charge in [0.25, 0.3) is 0 Å². The highest BCUT2D eigenvalue weighted by Gasteiger charge is 2.07. The van der Waals surface area contributed by atoms with Crippen molar-refractivity contribution in [1.82, 2.24) is 4.90 Å². The Morgan fingerprint density at radius 2 is 1.75 bits per heavy atom. The molecule has 2 rings (SSSR count). The SMILES string of the molecule is CCCCCN(CCCl)Cc1cccc2ccccc12. The fourth-order valence-electron chi connectivity index (χ4n) is 2.65. The number of unbranched alkanes of at least 4 members (excludes halogenated alkanes) is 2. The molecule has 0 fully saturated rings. The summed E-state index contributed by atoms with van der Waals surface area (Å²) < 4.78 is 0. The van der Waals surface area contributed by atoms with Crippen LogP contribution in [0.3, 0.4) is 0 Å². The predicted octanol–water partition coefficient (Wildman–Crippen LogP) is 5.07. The molecule has 0 amide bonds. The van der Waals surface area contributed by atoms with Gasteiger partial charge in [0.1, 0.15) is 0 Å². The van der Waals surface area contributed by atoms with E-state index < -0.39 is 0 Å². The van der Waals surface area contributed by atoms with Crippen LogP contribution in [-0.2, 0) is 6.54 Å². The molecule has 0 spiro atoms. The van der Waals surface area contributed by atoms with Gasteiger partial charge < -0.3 is 0 Å². The quantitative estimate of drug-likeness (QED) is 0.484. The van der Waals surface area contributed by atoms with Gasteiger partial charge in [-0.3, -0.25) is 4.90 Å². The van der Waals surface area contributed by atoms with Gasteiger partial charge >= 0.3 is 0 Å². The van der Waals surface area contributed by atoms with Crippen molar-refractivity contribution in [1.29, 1.82) is 0 Å². The highest BCUT2D eigenvalue weighted by Crippen LogP contribution is 2.20. The molecule has 0 aliphatic rings. The van der Waals surface area contributed by atoms with Crippen LogP contribution in [0.2, 0.25) is 0 Å². The molecule has 2 heteroatoms. The van der Waals surface area contributed by atoms with Crippen molar-refractivity contribution in [3.8, 4) is 0 Å². The van der Waals surface area contributed by atoms with Crippen LogP contribution < -0.4 is 0 Å². The maximum absolute atomic E-state index is 5.95. The minimum Gasteiger partial charge on any atom is -0.298 e. The van der Waals surface area contributed by atoms with Crippen molar-refractivity contribution in [2.45, 2.75) is 32.7 Å². The number of alkyl halides is 1. The van der Waals surface area contributed by atoms with E-state index in [9.17, 15) is 0 Å². The number of hydrogen-bond acceptors (Lipinski definition) is 1. The monoisotopic (exact) mass is 289 g/mol. The normalized spacial score (nSPS) is 11.3. The Labute approximate surface area is 127 Å². The Morgan fingerprint density at radius 1 is 0.950 bits per heavy atom.